The maximum atomic E-state index is 12.7. The van der Waals surface area contributed by atoms with E-state index in [0.717, 1.165) is 0 Å². The van der Waals surface area contributed by atoms with Gasteiger partial charge >= 0.3 is 11.9 Å². The molecule has 9 nitrogen and oxygen atoms in total. The number of furan rings is 1. The summed E-state index contributed by atoms with van der Waals surface area (Å²) < 4.78 is 14.9. The van der Waals surface area contributed by atoms with Gasteiger partial charge in [-0.05, 0) is 25.3 Å². The maximum absolute atomic E-state index is 12.7. The number of esters is 2. The number of hydrogen-bond acceptors (Lipinski definition) is 9. The summed E-state index contributed by atoms with van der Waals surface area (Å²) in [6.07, 6.45) is 3.24. The van der Waals surface area contributed by atoms with Crippen LogP contribution in [-0.2, 0) is 19.1 Å². The Hall–Kier alpha value is -3.33. The van der Waals surface area contributed by atoms with Crippen LogP contribution < -0.4 is 5.73 Å². The molecule has 2 N–H and O–H groups in total. The SMILES string of the molecule is CC1C=CC2=C(C1)C(=O)c1oc(C(=O)CC(=O)OCCOC(=O)[C@H](C)N)cc1C2=O. The number of ether oxygens (including phenoxy) is 2. The van der Waals surface area contributed by atoms with Crippen molar-refractivity contribution in [2.45, 2.75) is 32.7 Å². The van der Waals surface area contributed by atoms with Gasteiger partial charge in [0.15, 0.2) is 17.3 Å². The summed E-state index contributed by atoms with van der Waals surface area (Å²) in [6, 6.07) is 0.391. The second kappa shape index (κ2) is 8.58. The first-order valence-corrected chi connectivity index (χ1v) is 9.44. The molecule has 3 rings (SSSR count). The number of Topliss-reactive ketones (excluding diaryl/α,β-unsaturated/α-hetero) is 3. The molecular weight excluding hydrogens is 394 g/mol. The topological polar surface area (TPSA) is 143 Å². The summed E-state index contributed by atoms with van der Waals surface area (Å²) in [5.74, 6) is -3.38. The fourth-order valence-corrected chi connectivity index (χ4v) is 3.14. The van der Waals surface area contributed by atoms with E-state index in [1.54, 1.807) is 6.08 Å². The lowest BCUT2D eigenvalue weighted by atomic mass is 9.80. The fraction of sp³-hybridized carbons (Fsp3) is 0.381. The van der Waals surface area contributed by atoms with Crippen molar-refractivity contribution in [3.05, 3.63) is 46.4 Å². The third kappa shape index (κ3) is 4.30. The van der Waals surface area contributed by atoms with Crippen LogP contribution >= 0.6 is 0 Å². The van der Waals surface area contributed by atoms with E-state index in [-0.39, 0.29) is 42.0 Å². The van der Waals surface area contributed by atoms with E-state index in [0.29, 0.717) is 17.6 Å². The van der Waals surface area contributed by atoms with Gasteiger partial charge in [0.25, 0.3) is 0 Å². The van der Waals surface area contributed by atoms with Crippen LogP contribution in [0.25, 0.3) is 0 Å². The molecule has 0 aliphatic heterocycles. The van der Waals surface area contributed by atoms with Gasteiger partial charge in [0, 0.05) is 11.1 Å². The normalized spacial score (nSPS) is 18.6. The van der Waals surface area contributed by atoms with Crippen LogP contribution in [-0.4, -0.2) is 48.5 Å². The molecule has 0 saturated carbocycles. The fourth-order valence-electron chi connectivity index (χ4n) is 3.14. The zero-order valence-electron chi connectivity index (χ0n) is 16.6. The average molecular weight is 415 g/mol. The van der Waals surface area contributed by atoms with Gasteiger partial charge in [0.2, 0.25) is 11.6 Å². The number of ketones is 3. The maximum Gasteiger partial charge on any atom is 0.322 e. The molecule has 158 valence electrons. The van der Waals surface area contributed by atoms with Crippen molar-refractivity contribution < 1.29 is 37.9 Å². The molecule has 0 spiro atoms. The van der Waals surface area contributed by atoms with E-state index in [2.05, 4.69) is 0 Å². The standard InChI is InChI=1S/C21H21NO8/c1-10-3-4-12-13(7-10)19(26)20-14(18(12)25)8-16(30-20)15(23)9-17(24)28-5-6-29-21(27)11(2)22/h3-4,8,10-11H,5-7,9,22H2,1-2H3/t10?,11-/m0/s1. The lowest BCUT2D eigenvalue weighted by Gasteiger charge is -2.21. The molecule has 9 heteroatoms. The van der Waals surface area contributed by atoms with Crippen molar-refractivity contribution in [2.75, 3.05) is 13.2 Å². The monoisotopic (exact) mass is 415 g/mol. The van der Waals surface area contributed by atoms with Gasteiger partial charge in [-0.2, -0.15) is 0 Å². The molecule has 1 heterocycles. The molecule has 1 aromatic rings. The van der Waals surface area contributed by atoms with Crippen LogP contribution in [0.3, 0.4) is 0 Å². The number of hydrogen-bond donors (Lipinski definition) is 1. The second-order valence-corrected chi connectivity index (χ2v) is 7.22. The first-order chi connectivity index (χ1) is 14.2. The zero-order valence-corrected chi connectivity index (χ0v) is 16.6. The summed E-state index contributed by atoms with van der Waals surface area (Å²) in [7, 11) is 0. The van der Waals surface area contributed by atoms with Crippen LogP contribution in [0.4, 0.5) is 0 Å². The van der Waals surface area contributed by atoms with E-state index >= 15 is 0 Å². The van der Waals surface area contributed by atoms with E-state index in [4.69, 9.17) is 19.6 Å². The van der Waals surface area contributed by atoms with Crippen molar-refractivity contribution in [1.82, 2.24) is 0 Å². The number of fused-ring (bicyclic) bond motifs is 1. The van der Waals surface area contributed by atoms with E-state index in [9.17, 15) is 24.0 Å². The van der Waals surface area contributed by atoms with Gasteiger partial charge in [0.05, 0.1) is 5.56 Å². The van der Waals surface area contributed by atoms with Crippen molar-refractivity contribution in [1.29, 1.82) is 0 Å². The molecule has 0 radical (unpaired) electrons. The van der Waals surface area contributed by atoms with Crippen molar-refractivity contribution >= 4 is 29.3 Å². The van der Waals surface area contributed by atoms with Gasteiger partial charge in [-0.3, -0.25) is 24.0 Å². The molecule has 0 aromatic carbocycles. The van der Waals surface area contributed by atoms with Crippen LogP contribution in [0.15, 0.2) is 33.8 Å². The Kier molecular flexibility index (Phi) is 6.12. The molecule has 0 bridgehead atoms. The molecule has 2 aliphatic carbocycles. The third-order valence-electron chi connectivity index (χ3n) is 4.69. The van der Waals surface area contributed by atoms with Crippen LogP contribution in [0.5, 0.6) is 0 Å². The number of carbonyl (C=O) groups is 5. The molecular formula is C21H21NO8. The molecule has 0 fully saturated rings. The molecule has 0 amide bonds. The van der Waals surface area contributed by atoms with E-state index < -0.39 is 36.0 Å². The Morgan fingerprint density at radius 2 is 1.90 bits per heavy atom. The lowest BCUT2D eigenvalue weighted by Crippen LogP contribution is -2.29. The highest BCUT2D eigenvalue weighted by Crippen LogP contribution is 2.35. The highest BCUT2D eigenvalue weighted by molar-refractivity contribution is 6.27. The quantitative estimate of drug-likeness (QED) is 0.304. The number of nitrogens with two attached hydrogens (primary N) is 1. The first kappa shape index (κ1) is 21.4. The Morgan fingerprint density at radius 1 is 1.20 bits per heavy atom. The van der Waals surface area contributed by atoms with Gasteiger partial charge in [-0.15, -0.1) is 0 Å². The summed E-state index contributed by atoms with van der Waals surface area (Å²) in [5.41, 5.74) is 6.02. The Balaban J connectivity index is 1.61. The highest BCUT2D eigenvalue weighted by Gasteiger charge is 2.37. The summed E-state index contributed by atoms with van der Waals surface area (Å²) in [6.45, 7) is 2.95. The zero-order chi connectivity index (χ0) is 22.0. The first-order valence-electron chi connectivity index (χ1n) is 9.44. The molecule has 30 heavy (non-hydrogen) atoms. The minimum Gasteiger partial charge on any atom is -0.462 e. The number of allylic oxidation sites excluding steroid dienone is 4. The minimum absolute atomic E-state index is 0.0116. The van der Waals surface area contributed by atoms with Gasteiger partial charge in [0.1, 0.15) is 25.7 Å². The highest BCUT2D eigenvalue weighted by atomic mass is 16.6. The number of rotatable bonds is 7. The lowest BCUT2D eigenvalue weighted by molar-refractivity contribution is -0.152. The van der Waals surface area contributed by atoms with Crippen molar-refractivity contribution in [3.63, 3.8) is 0 Å². The van der Waals surface area contributed by atoms with Crippen molar-refractivity contribution in [3.8, 4) is 0 Å². The Labute approximate surface area is 171 Å². The van der Waals surface area contributed by atoms with Gasteiger partial charge < -0.3 is 19.6 Å². The third-order valence-corrected chi connectivity index (χ3v) is 4.69. The van der Waals surface area contributed by atoms with Crippen molar-refractivity contribution in [2.24, 2.45) is 11.7 Å². The van der Waals surface area contributed by atoms with Crippen LogP contribution in [0.2, 0.25) is 0 Å². The van der Waals surface area contributed by atoms with Crippen LogP contribution in [0.1, 0.15) is 58.2 Å². The average Bonchev–Trinajstić information content (AvgIpc) is 3.15. The molecule has 1 unspecified atom stereocenters. The molecule has 0 saturated heterocycles. The Morgan fingerprint density at radius 3 is 2.60 bits per heavy atom. The van der Waals surface area contributed by atoms with Gasteiger partial charge in [-0.1, -0.05) is 19.1 Å². The number of carbonyl (C=O) groups excluding carboxylic acids is 5. The smallest absolute Gasteiger partial charge is 0.322 e. The van der Waals surface area contributed by atoms with Gasteiger partial charge in [-0.25, -0.2) is 0 Å². The summed E-state index contributed by atoms with van der Waals surface area (Å²) >= 11 is 0. The molecule has 1 aromatic heterocycles. The summed E-state index contributed by atoms with van der Waals surface area (Å²) in [4.78, 5) is 60.7. The van der Waals surface area contributed by atoms with E-state index in [1.165, 1.54) is 13.0 Å². The predicted molar refractivity (Wildman–Crippen MR) is 102 cm³/mol. The second-order valence-electron chi connectivity index (χ2n) is 7.22. The predicted octanol–water partition coefficient (Wildman–Crippen LogP) is 1.56. The van der Waals surface area contributed by atoms with E-state index in [1.807, 2.05) is 13.0 Å². The molecule has 2 aliphatic rings. The van der Waals surface area contributed by atoms with Crippen LogP contribution in [0, 0.1) is 5.92 Å². The summed E-state index contributed by atoms with van der Waals surface area (Å²) in [5, 5.41) is 0. The molecule has 2 atom stereocenters. The largest absolute Gasteiger partial charge is 0.462 e. The minimum atomic E-state index is -0.863. The Bertz CT molecular complexity index is 995.